The summed E-state index contributed by atoms with van der Waals surface area (Å²) in [5.41, 5.74) is 0.942. The van der Waals surface area contributed by atoms with Crippen LogP contribution in [0.5, 0.6) is 0 Å². The topological polar surface area (TPSA) is 26.3 Å². The van der Waals surface area contributed by atoms with Gasteiger partial charge in [-0.3, -0.25) is 4.79 Å². The first kappa shape index (κ1) is 13.4. The van der Waals surface area contributed by atoms with Crippen molar-refractivity contribution in [1.29, 1.82) is 0 Å². The van der Waals surface area contributed by atoms with Crippen LogP contribution in [0.4, 0.5) is 0 Å². The second-order valence-corrected chi connectivity index (χ2v) is 4.91. The summed E-state index contributed by atoms with van der Waals surface area (Å²) in [6, 6.07) is 5.62. The molecular formula is C12H15ClO2S. The summed E-state index contributed by atoms with van der Waals surface area (Å²) in [5, 5.41) is 0.653. The minimum absolute atomic E-state index is 0.206. The molecule has 0 bridgehead atoms. The lowest BCUT2D eigenvalue weighted by molar-refractivity contribution is -0.142. The van der Waals surface area contributed by atoms with E-state index in [-0.39, 0.29) is 12.4 Å². The van der Waals surface area contributed by atoms with E-state index in [1.807, 2.05) is 18.2 Å². The van der Waals surface area contributed by atoms with Crippen molar-refractivity contribution in [2.24, 2.45) is 0 Å². The number of ether oxygens (including phenoxy) is 1. The zero-order chi connectivity index (χ0) is 12.0. The zero-order valence-electron chi connectivity index (χ0n) is 9.46. The van der Waals surface area contributed by atoms with Crippen LogP contribution in [0.15, 0.2) is 23.1 Å². The lowest BCUT2D eigenvalue weighted by Crippen LogP contribution is -2.08. The van der Waals surface area contributed by atoms with Gasteiger partial charge >= 0.3 is 5.97 Å². The van der Waals surface area contributed by atoms with Gasteiger partial charge in [0.05, 0.1) is 13.0 Å². The maximum absolute atomic E-state index is 11.4. The number of esters is 1. The van der Waals surface area contributed by atoms with Crippen LogP contribution in [-0.2, 0) is 16.0 Å². The highest BCUT2D eigenvalue weighted by atomic mass is 35.5. The molecule has 88 valence electrons. The van der Waals surface area contributed by atoms with Crippen LogP contribution in [0.3, 0.4) is 0 Å². The highest BCUT2D eigenvalue weighted by Crippen LogP contribution is 2.26. The Hall–Kier alpha value is -0.670. The molecule has 1 aromatic carbocycles. The average Bonchev–Trinajstić information content (AvgIpc) is 2.22. The molecule has 1 aromatic rings. The van der Waals surface area contributed by atoms with Crippen molar-refractivity contribution in [3.8, 4) is 0 Å². The Bertz CT molecular complexity index is 366. The number of carbonyl (C=O) groups is 1. The molecule has 0 saturated carbocycles. The minimum atomic E-state index is -0.206. The summed E-state index contributed by atoms with van der Waals surface area (Å²) in [5.74, 6) is 0.764. The average molecular weight is 259 g/mol. The van der Waals surface area contributed by atoms with E-state index < -0.39 is 0 Å². The predicted octanol–water partition coefficient (Wildman–Crippen LogP) is 3.56. The first-order chi connectivity index (χ1) is 7.67. The summed E-state index contributed by atoms with van der Waals surface area (Å²) in [7, 11) is 0. The van der Waals surface area contributed by atoms with Gasteiger partial charge in [-0.25, -0.2) is 0 Å². The van der Waals surface area contributed by atoms with Gasteiger partial charge in [-0.15, -0.1) is 11.8 Å². The Morgan fingerprint density at radius 2 is 2.19 bits per heavy atom. The van der Waals surface area contributed by atoms with Crippen LogP contribution in [0.1, 0.15) is 19.4 Å². The second-order valence-electron chi connectivity index (χ2n) is 3.17. The van der Waals surface area contributed by atoms with Crippen LogP contribution >= 0.6 is 23.4 Å². The quantitative estimate of drug-likeness (QED) is 0.597. The van der Waals surface area contributed by atoms with E-state index in [1.165, 1.54) is 0 Å². The number of hydrogen-bond donors (Lipinski definition) is 0. The van der Waals surface area contributed by atoms with E-state index in [1.54, 1.807) is 18.7 Å². The summed E-state index contributed by atoms with van der Waals surface area (Å²) < 4.78 is 4.93. The number of carbonyl (C=O) groups excluding carboxylic acids is 1. The number of benzene rings is 1. The fourth-order valence-electron chi connectivity index (χ4n) is 1.35. The summed E-state index contributed by atoms with van der Waals surface area (Å²) >= 11 is 7.62. The Morgan fingerprint density at radius 3 is 2.81 bits per heavy atom. The fraction of sp³-hybridized carbons (Fsp3) is 0.417. The summed E-state index contributed by atoms with van der Waals surface area (Å²) in [6.45, 7) is 4.29. The largest absolute Gasteiger partial charge is 0.466 e. The number of halogens is 1. The Labute approximate surface area is 105 Å². The van der Waals surface area contributed by atoms with Crippen molar-refractivity contribution in [3.05, 3.63) is 28.8 Å². The molecule has 0 N–H and O–H groups in total. The third kappa shape index (κ3) is 4.06. The minimum Gasteiger partial charge on any atom is -0.466 e. The van der Waals surface area contributed by atoms with Crippen LogP contribution in [0, 0.1) is 0 Å². The highest BCUT2D eigenvalue weighted by Gasteiger charge is 2.09. The molecule has 4 heteroatoms. The van der Waals surface area contributed by atoms with Gasteiger partial charge in [0, 0.05) is 9.92 Å². The van der Waals surface area contributed by atoms with Crippen LogP contribution in [0.25, 0.3) is 0 Å². The van der Waals surface area contributed by atoms with Crippen LogP contribution in [0.2, 0.25) is 5.02 Å². The normalized spacial score (nSPS) is 10.2. The Balaban J connectivity index is 2.82. The predicted molar refractivity (Wildman–Crippen MR) is 68.2 cm³/mol. The molecule has 0 fully saturated rings. The number of hydrogen-bond acceptors (Lipinski definition) is 3. The van der Waals surface area contributed by atoms with E-state index >= 15 is 0 Å². The molecule has 2 nitrogen and oxygen atoms in total. The van der Waals surface area contributed by atoms with E-state index in [0.717, 1.165) is 16.2 Å². The molecule has 0 aliphatic rings. The van der Waals surface area contributed by atoms with Gasteiger partial charge in [-0.1, -0.05) is 18.5 Å². The molecule has 0 saturated heterocycles. The van der Waals surface area contributed by atoms with Crippen molar-refractivity contribution >= 4 is 29.3 Å². The molecule has 0 radical (unpaired) electrons. The van der Waals surface area contributed by atoms with Crippen molar-refractivity contribution in [2.75, 3.05) is 12.4 Å². The maximum atomic E-state index is 11.4. The Kier molecular flexibility index (Phi) is 5.71. The van der Waals surface area contributed by atoms with E-state index in [0.29, 0.717) is 11.6 Å². The molecule has 16 heavy (non-hydrogen) atoms. The third-order valence-electron chi connectivity index (χ3n) is 1.96. The number of rotatable bonds is 5. The highest BCUT2D eigenvalue weighted by molar-refractivity contribution is 7.99. The van der Waals surface area contributed by atoms with Crippen molar-refractivity contribution in [1.82, 2.24) is 0 Å². The van der Waals surface area contributed by atoms with Crippen molar-refractivity contribution < 1.29 is 9.53 Å². The van der Waals surface area contributed by atoms with E-state index in [2.05, 4.69) is 6.92 Å². The molecule has 0 aliphatic heterocycles. The lowest BCUT2D eigenvalue weighted by atomic mass is 10.1. The molecular weight excluding hydrogens is 244 g/mol. The van der Waals surface area contributed by atoms with Gasteiger partial charge in [0.15, 0.2) is 0 Å². The molecule has 0 unspecified atom stereocenters. The summed E-state index contributed by atoms with van der Waals surface area (Å²) in [4.78, 5) is 12.5. The zero-order valence-corrected chi connectivity index (χ0v) is 11.0. The van der Waals surface area contributed by atoms with Gasteiger partial charge in [0.2, 0.25) is 0 Å². The van der Waals surface area contributed by atoms with Crippen LogP contribution < -0.4 is 0 Å². The van der Waals surface area contributed by atoms with Gasteiger partial charge < -0.3 is 4.74 Å². The third-order valence-corrected chi connectivity index (χ3v) is 3.20. The van der Waals surface area contributed by atoms with Gasteiger partial charge in [0.25, 0.3) is 0 Å². The van der Waals surface area contributed by atoms with Crippen molar-refractivity contribution in [2.45, 2.75) is 25.2 Å². The standard InChI is InChI=1S/C12H15ClO2S/c1-3-15-12(14)8-9-7-10(13)5-6-11(9)16-4-2/h5-7H,3-4,8H2,1-2H3. The van der Waals surface area contributed by atoms with Gasteiger partial charge in [-0.2, -0.15) is 0 Å². The second kappa shape index (κ2) is 6.81. The Morgan fingerprint density at radius 1 is 1.44 bits per heavy atom. The lowest BCUT2D eigenvalue weighted by Gasteiger charge is -2.08. The molecule has 0 aromatic heterocycles. The first-order valence-electron chi connectivity index (χ1n) is 5.24. The first-order valence-corrected chi connectivity index (χ1v) is 6.60. The van der Waals surface area contributed by atoms with E-state index in [9.17, 15) is 4.79 Å². The fourth-order valence-corrected chi connectivity index (χ4v) is 2.34. The molecule has 0 heterocycles. The SMILES string of the molecule is CCOC(=O)Cc1cc(Cl)ccc1SCC. The van der Waals surface area contributed by atoms with E-state index in [4.69, 9.17) is 16.3 Å². The van der Waals surface area contributed by atoms with Crippen LogP contribution in [-0.4, -0.2) is 18.3 Å². The van der Waals surface area contributed by atoms with Gasteiger partial charge in [0.1, 0.15) is 0 Å². The number of thioether (sulfide) groups is 1. The molecule has 1 rings (SSSR count). The molecule has 0 amide bonds. The van der Waals surface area contributed by atoms with Gasteiger partial charge in [-0.05, 0) is 36.4 Å². The molecule has 0 aliphatic carbocycles. The molecule has 0 atom stereocenters. The maximum Gasteiger partial charge on any atom is 0.310 e. The smallest absolute Gasteiger partial charge is 0.310 e. The van der Waals surface area contributed by atoms with Crippen molar-refractivity contribution in [3.63, 3.8) is 0 Å². The summed E-state index contributed by atoms with van der Waals surface area (Å²) in [6.07, 6.45) is 0.288. The monoisotopic (exact) mass is 258 g/mol. The molecule has 0 spiro atoms.